The quantitative estimate of drug-likeness (QED) is 0.329. The lowest BCUT2D eigenvalue weighted by molar-refractivity contribution is -0.182. The summed E-state index contributed by atoms with van der Waals surface area (Å²) in [5.41, 5.74) is 2.81. The molecule has 6 unspecified atom stereocenters. The van der Waals surface area contributed by atoms with Crippen LogP contribution in [-0.4, -0.2) is 53.9 Å². The summed E-state index contributed by atoms with van der Waals surface area (Å²) in [7, 11) is 0. The van der Waals surface area contributed by atoms with E-state index in [1.165, 1.54) is 0 Å². The Labute approximate surface area is 170 Å². The lowest BCUT2D eigenvalue weighted by Gasteiger charge is -2.31. The molecule has 1 aliphatic carbocycles. The normalized spacial score (nSPS) is 36.7. The Kier molecular flexibility index (Phi) is 7.35. The highest BCUT2D eigenvalue weighted by Crippen LogP contribution is 2.33. The molecule has 0 aromatic heterocycles. The van der Waals surface area contributed by atoms with Crippen LogP contribution in [0.15, 0.2) is 0 Å². The molecule has 28 heavy (non-hydrogen) atoms. The molecule has 7 nitrogen and oxygen atoms in total. The second-order valence-corrected chi connectivity index (χ2v) is 9.13. The first kappa shape index (κ1) is 21.9. The molecule has 0 aromatic carbocycles. The highest BCUT2D eigenvalue weighted by Gasteiger charge is 2.44. The van der Waals surface area contributed by atoms with Gasteiger partial charge in [-0.2, -0.15) is 18.0 Å². The fourth-order valence-corrected chi connectivity index (χ4v) is 5.02. The Hall–Kier alpha value is -0.750. The van der Waals surface area contributed by atoms with Crippen LogP contribution < -0.4 is 26.2 Å². The van der Waals surface area contributed by atoms with Crippen LogP contribution in [0.2, 0.25) is 0 Å². The SMILES string of the molecule is O=C(NC1SNNC1C(=O)NC1CCCC(Cl)C1)C1CNCC(C(F)(F)F)C1. The maximum absolute atomic E-state index is 12.9. The number of piperidine rings is 1. The molecular weight excluding hydrogens is 419 g/mol. The molecule has 160 valence electrons. The highest BCUT2D eigenvalue weighted by molar-refractivity contribution is 7.98. The molecule has 6 atom stereocenters. The minimum absolute atomic E-state index is 0.0115. The molecule has 0 spiro atoms. The molecule has 2 amide bonds. The van der Waals surface area contributed by atoms with Crippen molar-refractivity contribution in [1.29, 1.82) is 0 Å². The minimum Gasteiger partial charge on any atom is -0.352 e. The van der Waals surface area contributed by atoms with Gasteiger partial charge in [0.1, 0.15) is 11.4 Å². The van der Waals surface area contributed by atoms with Gasteiger partial charge in [0.2, 0.25) is 11.8 Å². The second-order valence-electron chi connectivity index (χ2n) is 7.57. The topological polar surface area (TPSA) is 94.3 Å². The van der Waals surface area contributed by atoms with Crippen molar-refractivity contribution < 1.29 is 22.8 Å². The van der Waals surface area contributed by atoms with Crippen molar-refractivity contribution in [2.75, 3.05) is 13.1 Å². The van der Waals surface area contributed by atoms with E-state index in [2.05, 4.69) is 26.2 Å². The minimum atomic E-state index is -4.33. The molecular formula is C16H25ClF3N5O2S. The number of nitrogens with one attached hydrogen (secondary N) is 5. The summed E-state index contributed by atoms with van der Waals surface area (Å²) in [6, 6.07) is -0.734. The van der Waals surface area contributed by atoms with Crippen molar-refractivity contribution in [2.45, 2.75) is 61.1 Å². The number of hydrogen-bond donors (Lipinski definition) is 5. The number of alkyl halides is 4. The fourth-order valence-electron chi connectivity index (χ4n) is 3.82. The summed E-state index contributed by atoms with van der Waals surface area (Å²) in [4.78, 5) is 27.8. The van der Waals surface area contributed by atoms with Gasteiger partial charge in [0, 0.05) is 24.5 Å². The second kappa shape index (κ2) is 9.38. The molecule has 0 radical (unpaired) electrons. The molecule has 0 bridgehead atoms. The van der Waals surface area contributed by atoms with E-state index < -0.39 is 35.3 Å². The first-order valence-corrected chi connectivity index (χ1v) is 10.7. The average molecular weight is 444 g/mol. The number of amides is 2. The molecule has 3 fully saturated rings. The first-order chi connectivity index (χ1) is 13.2. The van der Waals surface area contributed by atoms with Gasteiger partial charge in [-0.05, 0) is 44.1 Å². The van der Waals surface area contributed by atoms with Crippen LogP contribution in [0.4, 0.5) is 13.2 Å². The maximum Gasteiger partial charge on any atom is 0.393 e. The zero-order chi connectivity index (χ0) is 20.3. The molecule has 2 aliphatic heterocycles. The predicted molar refractivity (Wildman–Crippen MR) is 100 cm³/mol. The van der Waals surface area contributed by atoms with E-state index in [4.69, 9.17) is 11.6 Å². The van der Waals surface area contributed by atoms with Gasteiger partial charge in [0.25, 0.3) is 0 Å². The Balaban J connectivity index is 1.52. The van der Waals surface area contributed by atoms with Crippen LogP contribution in [-0.2, 0) is 9.59 Å². The lowest BCUT2D eigenvalue weighted by Crippen LogP contribution is -2.56. The van der Waals surface area contributed by atoms with Crippen molar-refractivity contribution in [3.8, 4) is 0 Å². The van der Waals surface area contributed by atoms with Crippen molar-refractivity contribution in [1.82, 2.24) is 26.2 Å². The van der Waals surface area contributed by atoms with Gasteiger partial charge in [0.05, 0.1) is 11.8 Å². The lowest BCUT2D eigenvalue weighted by atomic mass is 9.89. The summed E-state index contributed by atoms with van der Waals surface area (Å²) >= 11 is 7.27. The van der Waals surface area contributed by atoms with Crippen LogP contribution in [0.1, 0.15) is 32.1 Å². The Morgan fingerprint density at radius 1 is 1.07 bits per heavy atom. The van der Waals surface area contributed by atoms with Crippen LogP contribution in [0.3, 0.4) is 0 Å². The molecule has 2 saturated heterocycles. The fraction of sp³-hybridized carbons (Fsp3) is 0.875. The monoisotopic (exact) mass is 443 g/mol. The molecule has 3 rings (SSSR count). The van der Waals surface area contributed by atoms with Gasteiger partial charge in [0.15, 0.2) is 0 Å². The van der Waals surface area contributed by atoms with Gasteiger partial charge in [-0.3, -0.25) is 9.59 Å². The standard InChI is InChI=1S/C16H25ClF3N5O2S/c17-10-2-1-3-11(5-10)22-14(27)12-15(28-25-24-12)23-13(26)8-4-9(7-21-6-8)16(18,19)20/h8-12,15,21,24-25H,1-7H2,(H,22,27)(H,23,26). The van der Waals surface area contributed by atoms with Crippen molar-refractivity contribution in [3.05, 3.63) is 0 Å². The van der Waals surface area contributed by atoms with Gasteiger partial charge in [-0.15, -0.1) is 11.6 Å². The van der Waals surface area contributed by atoms with Crippen molar-refractivity contribution in [2.24, 2.45) is 11.8 Å². The summed E-state index contributed by atoms with van der Waals surface area (Å²) in [5, 5.41) is 7.75. The zero-order valence-electron chi connectivity index (χ0n) is 15.2. The number of rotatable bonds is 4. The van der Waals surface area contributed by atoms with E-state index >= 15 is 0 Å². The third-order valence-corrected chi connectivity index (χ3v) is 6.69. The van der Waals surface area contributed by atoms with Crippen LogP contribution >= 0.6 is 23.5 Å². The van der Waals surface area contributed by atoms with E-state index in [0.717, 1.165) is 31.2 Å². The van der Waals surface area contributed by atoms with Crippen LogP contribution in [0.5, 0.6) is 0 Å². The summed E-state index contributed by atoms with van der Waals surface area (Å²) in [6.07, 6.45) is -1.16. The predicted octanol–water partition coefficient (Wildman–Crippen LogP) is 1.01. The molecule has 2 heterocycles. The smallest absolute Gasteiger partial charge is 0.352 e. The Morgan fingerprint density at radius 2 is 1.86 bits per heavy atom. The van der Waals surface area contributed by atoms with E-state index in [-0.39, 0.29) is 36.8 Å². The molecule has 12 heteroatoms. The maximum atomic E-state index is 12.9. The van der Waals surface area contributed by atoms with Crippen LogP contribution in [0.25, 0.3) is 0 Å². The van der Waals surface area contributed by atoms with Gasteiger partial charge >= 0.3 is 6.18 Å². The number of hydrazine groups is 1. The van der Waals surface area contributed by atoms with E-state index in [1.54, 1.807) is 0 Å². The summed E-state index contributed by atoms with van der Waals surface area (Å²) in [6.45, 7) is 0.00919. The van der Waals surface area contributed by atoms with Gasteiger partial charge < -0.3 is 16.0 Å². The van der Waals surface area contributed by atoms with E-state index in [1.807, 2.05) is 0 Å². The Morgan fingerprint density at radius 3 is 2.57 bits per heavy atom. The summed E-state index contributed by atoms with van der Waals surface area (Å²) < 4.78 is 38.8. The highest BCUT2D eigenvalue weighted by atomic mass is 35.5. The number of hydrogen-bond acceptors (Lipinski definition) is 6. The third-order valence-electron chi connectivity index (χ3n) is 5.41. The number of carbonyl (C=O) groups excluding carboxylic acids is 2. The largest absolute Gasteiger partial charge is 0.393 e. The molecule has 0 aromatic rings. The van der Waals surface area contributed by atoms with E-state index in [9.17, 15) is 22.8 Å². The van der Waals surface area contributed by atoms with Crippen molar-refractivity contribution >= 4 is 35.4 Å². The molecule has 5 N–H and O–H groups in total. The summed E-state index contributed by atoms with van der Waals surface area (Å²) in [5.74, 6) is -3.09. The first-order valence-electron chi connectivity index (χ1n) is 9.42. The van der Waals surface area contributed by atoms with Crippen molar-refractivity contribution in [3.63, 3.8) is 0 Å². The number of carbonyl (C=O) groups is 2. The third kappa shape index (κ3) is 5.65. The van der Waals surface area contributed by atoms with E-state index in [0.29, 0.717) is 6.42 Å². The van der Waals surface area contributed by atoms with Gasteiger partial charge in [-0.25, -0.2) is 5.43 Å². The Bertz CT molecular complexity index is 585. The zero-order valence-corrected chi connectivity index (χ0v) is 16.7. The number of halogens is 4. The molecule has 1 saturated carbocycles. The van der Waals surface area contributed by atoms with Crippen LogP contribution in [0, 0.1) is 11.8 Å². The average Bonchev–Trinajstić information content (AvgIpc) is 3.09. The van der Waals surface area contributed by atoms with Gasteiger partial charge in [-0.1, -0.05) is 0 Å². The molecule has 3 aliphatic rings.